The Bertz CT molecular complexity index is 287. The molecule has 0 heterocycles. The fourth-order valence-electron chi connectivity index (χ4n) is 1.24. The van der Waals surface area contributed by atoms with Gasteiger partial charge in [-0.05, 0) is 18.8 Å². The zero-order valence-corrected chi connectivity index (χ0v) is 10.5. The molecule has 96 valence electrons. The highest BCUT2D eigenvalue weighted by Crippen LogP contribution is 2.28. The number of rotatable bonds is 9. The van der Waals surface area contributed by atoms with Crippen LogP contribution in [0.4, 0.5) is 0 Å². The summed E-state index contributed by atoms with van der Waals surface area (Å²) in [6.07, 6.45) is 3.12. The van der Waals surface area contributed by atoms with E-state index in [1.807, 2.05) is 0 Å². The molecule has 0 aliphatic heterocycles. The van der Waals surface area contributed by atoms with Gasteiger partial charge in [-0.1, -0.05) is 0 Å². The van der Waals surface area contributed by atoms with Crippen LogP contribution in [0, 0.1) is 5.92 Å². The van der Waals surface area contributed by atoms with Crippen molar-refractivity contribution >= 4 is 9.84 Å². The number of hydrogen-bond donors (Lipinski definition) is 2. The van der Waals surface area contributed by atoms with E-state index in [4.69, 9.17) is 4.74 Å². The first kappa shape index (κ1) is 13.9. The SMILES string of the molecule is CS(=O)(=O)CCNCC(O)COCC1CC1. The smallest absolute Gasteiger partial charge is 0.148 e. The van der Waals surface area contributed by atoms with Crippen molar-refractivity contribution in [3.63, 3.8) is 0 Å². The van der Waals surface area contributed by atoms with Gasteiger partial charge in [-0.25, -0.2) is 8.42 Å². The minimum atomic E-state index is -2.92. The number of aliphatic hydroxyl groups is 1. The highest BCUT2D eigenvalue weighted by molar-refractivity contribution is 7.90. The van der Waals surface area contributed by atoms with Crippen molar-refractivity contribution in [1.82, 2.24) is 5.32 Å². The lowest BCUT2D eigenvalue weighted by Crippen LogP contribution is -2.33. The molecule has 1 aliphatic carbocycles. The Morgan fingerprint density at radius 3 is 2.75 bits per heavy atom. The molecule has 0 spiro atoms. The van der Waals surface area contributed by atoms with Gasteiger partial charge in [-0.2, -0.15) is 0 Å². The first-order valence-electron chi connectivity index (χ1n) is 5.61. The fraction of sp³-hybridized carbons (Fsp3) is 1.00. The minimum absolute atomic E-state index is 0.0999. The van der Waals surface area contributed by atoms with E-state index in [2.05, 4.69) is 5.32 Å². The van der Waals surface area contributed by atoms with Crippen LogP contribution >= 0.6 is 0 Å². The van der Waals surface area contributed by atoms with Crippen LogP contribution in [0.1, 0.15) is 12.8 Å². The Kier molecular flexibility index (Phi) is 5.68. The lowest BCUT2D eigenvalue weighted by Gasteiger charge is -2.11. The molecule has 1 atom stereocenters. The van der Waals surface area contributed by atoms with Crippen LogP contribution in [-0.2, 0) is 14.6 Å². The van der Waals surface area contributed by atoms with Crippen LogP contribution in [0.25, 0.3) is 0 Å². The van der Waals surface area contributed by atoms with Crippen molar-refractivity contribution in [3.8, 4) is 0 Å². The van der Waals surface area contributed by atoms with Crippen molar-refractivity contribution < 1.29 is 18.3 Å². The zero-order valence-electron chi connectivity index (χ0n) is 9.68. The van der Waals surface area contributed by atoms with Crippen LogP contribution in [0.15, 0.2) is 0 Å². The number of ether oxygens (including phenoxy) is 1. The normalized spacial score (nSPS) is 18.6. The highest BCUT2D eigenvalue weighted by Gasteiger charge is 2.21. The van der Waals surface area contributed by atoms with Crippen molar-refractivity contribution in [1.29, 1.82) is 0 Å². The summed E-state index contributed by atoms with van der Waals surface area (Å²) < 4.78 is 26.9. The molecule has 16 heavy (non-hydrogen) atoms. The lowest BCUT2D eigenvalue weighted by molar-refractivity contribution is 0.0328. The van der Waals surface area contributed by atoms with Gasteiger partial charge in [0.05, 0.1) is 18.5 Å². The third kappa shape index (κ3) is 8.04. The van der Waals surface area contributed by atoms with Gasteiger partial charge in [0.25, 0.3) is 0 Å². The fourth-order valence-corrected chi connectivity index (χ4v) is 1.76. The van der Waals surface area contributed by atoms with E-state index >= 15 is 0 Å². The summed E-state index contributed by atoms with van der Waals surface area (Å²) in [5, 5.41) is 12.4. The largest absolute Gasteiger partial charge is 0.389 e. The third-order valence-corrected chi connectivity index (χ3v) is 3.34. The highest BCUT2D eigenvalue weighted by atomic mass is 32.2. The molecular formula is C10H21NO4S. The maximum Gasteiger partial charge on any atom is 0.148 e. The van der Waals surface area contributed by atoms with Gasteiger partial charge in [-0.15, -0.1) is 0 Å². The summed E-state index contributed by atoms with van der Waals surface area (Å²) in [5.41, 5.74) is 0. The first-order chi connectivity index (χ1) is 7.47. The second-order valence-electron chi connectivity index (χ2n) is 4.47. The maximum atomic E-state index is 10.8. The van der Waals surface area contributed by atoms with Crippen molar-refractivity contribution in [2.45, 2.75) is 18.9 Å². The Balaban J connectivity index is 1.90. The Labute approximate surface area is 97.1 Å². The van der Waals surface area contributed by atoms with Gasteiger partial charge in [0.15, 0.2) is 0 Å². The van der Waals surface area contributed by atoms with Crippen LogP contribution in [-0.4, -0.2) is 57.9 Å². The summed E-state index contributed by atoms with van der Waals surface area (Å²) >= 11 is 0. The number of nitrogens with one attached hydrogen (secondary N) is 1. The molecule has 1 aliphatic rings. The molecular weight excluding hydrogens is 230 g/mol. The van der Waals surface area contributed by atoms with Gasteiger partial charge in [0, 0.05) is 26.0 Å². The molecule has 1 rings (SSSR count). The Hall–Kier alpha value is -0.170. The van der Waals surface area contributed by atoms with Gasteiger partial charge in [-0.3, -0.25) is 0 Å². The molecule has 6 heteroatoms. The summed E-state index contributed by atoms with van der Waals surface area (Å²) in [6, 6.07) is 0. The lowest BCUT2D eigenvalue weighted by atomic mass is 10.3. The molecule has 0 aromatic heterocycles. The van der Waals surface area contributed by atoms with Crippen LogP contribution in [0.3, 0.4) is 0 Å². The summed E-state index contributed by atoms with van der Waals surface area (Å²) in [6.45, 7) is 1.81. The second kappa shape index (κ2) is 6.54. The number of hydrogen-bond acceptors (Lipinski definition) is 5. The number of sulfone groups is 1. The van der Waals surface area contributed by atoms with Crippen molar-refractivity contribution in [3.05, 3.63) is 0 Å². The average molecular weight is 251 g/mol. The zero-order chi connectivity index (χ0) is 12.0. The molecule has 0 aromatic carbocycles. The van der Waals surface area contributed by atoms with Crippen LogP contribution in [0.5, 0.6) is 0 Å². The maximum absolute atomic E-state index is 10.8. The van der Waals surface area contributed by atoms with Gasteiger partial charge in [0.1, 0.15) is 9.84 Å². The molecule has 0 aromatic rings. The van der Waals surface area contributed by atoms with Crippen LogP contribution in [0.2, 0.25) is 0 Å². The van der Waals surface area contributed by atoms with E-state index in [0.717, 1.165) is 6.61 Å². The third-order valence-electron chi connectivity index (χ3n) is 2.39. The van der Waals surface area contributed by atoms with Crippen molar-refractivity contribution in [2.24, 2.45) is 5.92 Å². The molecule has 0 saturated heterocycles. The molecule has 0 amide bonds. The molecule has 0 radical (unpaired) electrons. The topological polar surface area (TPSA) is 75.6 Å². The summed E-state index contributed by atoms with van der Waals surface area (Å²) in [7, 11) is -2.92. The van der Waals surface area contributed by atoms with E-state index in [9.17, 15) is 13.5 Å². The Morgan fingerprint density at radius 1 is 1.50 bits per heavy atom. The molecule has 0 bridgehead atoms. The molecule has 5 nitrogen and oxygen atoms in total. The Morgan fingerprint density at radius 2 is 2.19 bits per heavy atom. The monoisotopic (exact) mass is 251 g/mol. The van der Waals surface area contributed by atoms with Gasteiger partial charge >= 0.3 is 0 Å². The quantitative estimate of drug-likeness (QED) is 0.536. The first-order valence-corrected chi connectivity index (χ1v) is 7.67. The average Bonchev–Trinajstić information content (AvgIpc) is 2.95. The number of aliphatic hydroxyl groups excluding tert-OH is 1. The van der Waals surface area contributed by atoms with Crippen molar-refractivity contribution in [2.75, 3.05) is 38.3 Å². The molecule has 2 N–H and O–H groups in total. The minimum Gasteiger partial charge on any atom is -0.389 e. The molecule has 1 saturated carbocycles. The second-order valence-corrected chi connectivity index (χ2v) is 6.73. The van der Waals surface area contributed by atoms with E-state index in [0.29, 0.717) is 25.6 Å². The predicted octanol–water partition coefficient (Wildman–Crippen LogP) is -0.592. The van der Waals surface area contributed by atoms with Gasteiger partial charge in [0.2, 0.25) is 0 Å². The molecule has 1 unspecified atom stereocenters. The van der Waals surface area contributed by atoms with E-state index in [1.165, 1.54) is 19.1 Å². The summed E-state index contributed by atoms with van der Waals surface area (Å²) in [5.74, 6) is 0.799. The molecule has 1 fully saturated rings. The standard InChI is InChI=1S/C10H21NO4S/c1-16(13,14)5-4-11-6-10(12)8-15-7-9-2-3-9/h9-12H,2-8H2,1H3. The predicted molar refractivity (Wildman–Crippen MR) is 62.1 cm³/mol. The summed E-state index contributed by atoms with van der Waals surface area (Å²) in [4.78, 5) is 0. The van der Waals surface area contributed by atoms with Crippen LogP contribution < -0.4 is 5.32 Å². The van der Waals surface area contributed by atoms with E-state index < -0.39 is 15.9 Å². The van der Waals surface area contributed by atoms with E-state index in [1.54, 1.807) is 0 Å². The van der Waals surface area contributed by atoms with E-state index in [-0.39, 0.29) is 5.75 Å². The van der Waals surface area contributed by atoms with Gasteiger partial charge < -0.3 is 15.2 Å².